The van der Waals surface area contributed by atoms with Crippen LogP contribution in [0.2, 0.25) is 0 Å². The Labute approximate surface area is 129 Å². The standard InChI is InChI=1S/C16H20N2O4/c1-11(22-13-4-2-12(19)3-5-13)15(21)18-7-6-16(10-18)8-14(20)17-9-16/h2-5,11,19H,6-10H2,1H3,(H,17,20). The molecule has 1 spiro atoms. The lowest BCUT2D eigenvalue weighted by atomic mass is 9.86. The van der Waals surface area contributed by atoms with Gasteiger partial charge in [0.15, 0.2) is 6.10 Å². The Kier molecular flexibility index (Phi) is 3.68. The van der Waals surface area contributed by atoms with Crippen molar-refractivity contribution in [1.29, 1.82) is 0 Å². The molecule has 0 aromatic heterocycles. The molecule has 0 bridgehead atoms. The Morgan fingerprint density at radius 3 is 2.77 bits per heavy atom. The number of hydrogen-bond donors (Lipinski definition) is 2. The van der Waals surface area contributed by atoms with Crippen LogP contribution in [-0.4, -0.2) is 47.6 Å². The van der Waals surface area contributed by atoms with Crippen LogP contribution in [0.3, 0.4) is 0 Å². The molecule has 2 saturated heterocycles. The van der Waals surface area contributed by atoms with Gasteiger partial charge < -0.3 is 20.1 Å². The normalized spacial score (nSPS) is 25.3. The number of likely N-dealkylation sites (tertiary alicyclic amines) is 1. The zero-order valence-electron chi connectivity index (χ0n) is 12.5. The van der Waals surface area contributed by atoms with Gasteiger partial charge in [-0.15, -0.1) is 0 Å². The molecule has 2 atom stereocenters. The number of nitrogens with zero attached hydrogens (tertiary/aromatic N) is 1. The average Bonchev–Trinajstić information content (AvgIpc) is 3.07. The molecule has 6 heteroatoms. The number of phenols is 1. The summed E-state index contributed by atoms with van der Waals surface area (Å²) in [6.45, 7) is 3.64. The maximum atomic E-state index is 12.5. The highest BCUT2D eigenvalue weighted by atomic mass is 16.5. The molecule has 22 heavy (non-hydrogen) atoms. The van der Waals surface area contributed by atoms with Crippen molar-refractivity contribution in [2.75, 3.05) is 19.6 Å². The molecule has 2 aliphatic rings. The summed E-state index contributed by atoms with van der Waals surface area (Å²) in [5, 5.41) is 12.1. The number of rotatable bonds is 3. The minimum atomic E-state index is -0.593. The molecule has 118 valence electrons. The third kappa shape index (κ3) is 2.86. The van der Waals surface area contributed by atoms with E-state index in [4.69, 9.17) is 4.74 Å². The van der Waals surface area contributed by atoms with E-state index in [0.29, 0.717) is 31.8 Å². The van der Waals surface area contributed by atoms with Crippen molar-refractivity contribution in [2.45, 2.75) is 25.9 Å². The molecule has 1 aromatic carbocycles. The number of ether oxygens (including phenoxy) is 1. The fourth-order valence-corrected chi connectivity index (χ4v) is 3.20. The third-order valence-electron chi connectivity index (χ3n) is 4.44. The summed E-state index contributed by atoms with van der Waals surface area (Å²) in [7, 11) is 0. The molecule has 2 unspecified atom stereocenters. The molecule has 3 rings (SSSR count). The van der Waals surface area contributed by atoms with Gasteiger partial charge in [-0.2, -0.15) is 0 Å². The minimum Gasteiger partial charge on any atom is -0.508 e. The lowest BCUT2D eigenvalue weighted by Crippen LogP contribution is -2.40. The quantitative estimate of drug-likeness (QED) is 0.869. The molecule has 1 aromatic rings. The summed E-state index contributed by atoms with van der Waals surface area (Å²) in [6.07, 6.45) is 0.762. The van der Waals surface area contributed by atoms with Gasteiger partial charge >= 0.3 is 0 Å². The summed E-state index contributed by atoms with van der Waals surface area (Å²) in [5.41, 5.74) is -0.0923. The van der Waals surface area contributed by atoms with Crippen LogP contribution >= 0.6 is 0 Å². The van der Waals surface area contributed by atoms with E-state index in [-0.39, 0.29) is 23.0 Å². The first kappa shape index (κ1) is 14.7. The maximum Gasteiger partial charge on any atom is 0.263 e. The number of phenolic OH excluding ortho intramolecular Hbond substituents is 1. The predicted molar refractivity (Wildman–Crippen MR) is 79.5 cm³/mol. The van der Waals surface area contributed by atoms with Crippen LogP contribution in [0.25, 0.3) is 0 Å². The van der Waals surface area contributed by atoms with Gasteiger partial charge in [0.05, 0.1) is 0 Å². The molecule has 2 heterocycles. The van der Waals surface area contributed by atoms with E-state index < -0.39 is 6.10 Å². The number of amides is 2. The van der Waals surface area contributed by atoms with Gasteiger partial charge in [-0.05, 0) is 37.6 Å². The summed E-state index contributed by atoms with van der Waals surface area (Å²) in [6, 6.07) is 6.30. The van der Waals surface area contributed by atoms with Gasteiger partial charge in [0.25, 0.3) is 5.91 Å². The van der Waals surface area contributed by atoms with E-state index in [0.717, 1.165) is 6.42 Å². The number of hydrogen-bond acceptors (Lipinski definition) is 4. The van der Waals surface area contributed by atoms with E-state index in [1.165, 1.54) is 12.1 Å². The second-order valence-corrected chi connectivity index (χ2v) is 6.22. The molecule has 0 radical (unpaired) electrons. The van der Waals surface area contributed by atoms with Gasteiger partial charge in [0.2, 0.25) is 5.91 Å². The van der Waals surface area contributed by atoms with E-state index in [1.54, 1.807) is 24.0 Å². The van der Waals surface area contributed by atoms with Crippen molar-refractivity contribution in [2.24, 2.45) is 5.41 Å². The van der Waals surface area contributed by atoms with Crippen LogP contribution < -0.4 is 10.1 Å². The highest BCUT2D eigenvalue weighted by molar-refractivity contribution is 5.82. The van der Waals surface area contributed by atoms with Crippen LogP contribution in [0.5, 0.6) is 11.5 Å². The summed E-state index contributed by atoms with van der Waals surface area (Å²) < 4.78 is 5.63. The van der Waals surface area contributed by atoms with Gasteiger partial charge in [0.1, 0.15) is 11.5 Å². The molecule has 2 aliphatic heterocycles. The van der Waals surface area contributed by atoms with Crippen molar-refractivity contribution < 1.29 is 19.4 Å². The molecule has 2 amide bonds. The van der Waals surface area contributed by atoms with Crippen molar-refractivity contribution in [3.8, 4) is 11.5 Å². The first-order valence-corrected chi connectivity index (χ1v) is 7.49. The van der Waals surface area contributed by atoms with Crippen LogP contribution in [0.1, 0.15) is 19.8 Å². The van der Waals surface area contributed by atoms with E-state index >= 15 is 0 Å². The summed E-state index contributed by atoms with van der Waals surface area (Å²) in [5.74, 6) is 0.712. The van der Waals surface area contributed by atoms with Gasteiger partial charge in [-0.1, -0.05) is 0 Å². The third-order valence-corrected chi connectivity index (χ3v) is 4.44. The Balaban J connectivity index is 1.59. The van der Waals surface area contributed by atoms with Crippen LogP contribution in [-0.2, 0) is 9.59 Å². The topological polar surface area (TPSA) is 78.9 Å². The van der Waals surface area contributed by atoms with E-state index in [2.05, 4.69) is 5.32 Å². The van der Waals surface area contributed by atoms with Crippen molar-refractivity contribution in [3.63, 3.8) is 0 Å². The summed E-state index contributed by atoms with van der Waals surface area (Å²) in [4.78, 5) is 25.7. The Morgan fingerprint density at radius 1 is 1.41 bits per heavy atom. The van der Waals surface area contributed by atoms with Crippen LogP contribution in [0.15, 0.2) is 24.3 Å². The maximum absolute atomic E-state index is 12.5. The van der Waals surface area contributed by atoms with Crippen molar-refractivity contribution in [3.05, 3.63) is 24.3 Å². The summed E-state index contributed by atoms with van der Waals surface area (Å²) >= 11 is 0. The largest absolute Gasteiger partial charge is 0.508 e. The second kappa shape index (κ2) is 5.51. The van der Waals surface area contributed by atoms with Crippen LogP contribution in [0, 0.1) is 5.41 Å². The Morgan fingerprint density at radius 2 is 2.14 bits per heavy atom. The van der Waals surface area contributed by atoms with Crippen molar-refractivity contribution >= 4 is 11.8 Å². The van der Waals surface area contributed by atoms with Gasteiger partial charge in [0, 0.05) is 31.5 Å². The number of carbonyl (C=O) groups is 2. The Bertz CT molecular complexity index is 586. The molecule has 2 fully saturated rings. The number of aromatic hydroxyl groups is 1. The van der Waals surface area contributed by atoms with Gasteiger partial charge in [-0.3, -0.25) is 9.59 Å². The lowest BCUT2D eigenvalue weighted by Gasteiger charge is -2.24. The molecule has 2 N–H and O–H groups in total. The smallest absolute Gasteiger partial charge is 0.263 e. The number of benzene rings is 1. The van der Waals surface area contributed by atoms with Crippen LogP contribution in [0.4, 0.5) is 0 Å². The molecular weight excluding hydrogens is 284 g/mol. The highest BCUT2D eigenvalue weighted by Crippen LogP contribution is 2.36. The van der Waals surface area contributed by atoms with Gasteiger partial charge in [-0.25, -0.2) is 0 Å². The SMILES string of the molecule is CC(Oc1ccc(O)cc1)C(=O)N1CCC2(CNC(=O)C2)C1. The molecule has 0 aliphatic carbocycles. The van der Waals surface area contributed by atoms with E-state index in [9.17, 15) is 14.7 Å². The molecule has 6 nitrogen and oxygen atoms in total. The zero-order chi connectivity index (χ0) is 15.7. The zero-order valence-corrected chi connectivity index (χ0v) is 12.5. The number of nitrogens with one attached hydrogen (secondary N) is 1. The molecular formula is C16H20N2O4. The average molecular weight is 304 g/mol. The fourth-order valence-electron chi connectivity index (χ4n) is 3.20. The fraction of sp³-hybridized carbons (Fsp3) is 0.500. The second-order valence-electron chi connectivity index (χ2n) is 6.22. The Hall–Kier alpha value is -2.24. The lowest BCUT2D eigenvalue weighted by molar-refractivity contribution is -0.137. The first-order chi connectivity index (χ1) is 10.5. The number of carbonyl (C=O) groups excluding carboxylic acids is 2. The molecule has 0 saturated carbocycles. The minimum absolute atomic E-state index is 0.0655. The highest BCUT2D eigenvalue weighted by Gasteiger charge is 2.45. The van der Waals surface area contributed by atoms with Crippen molar-refractivity contribution in [1.82, 2.24) is 10.2 Å². The van der Waals surface area contributed by atoms with E-state index in [1.807, 2.05) is 0 Å². The predicted octanol–water partition coefficient (Wildman–Crippen LogP) is 0.898. The first-order valence-electron chi connectivity index (χ1n) is 7.49. The monoisotopic (exact) mass is 304 g/mol.